The van der Waals surface area contributed by atoms with E-state index in [-0.39, 0.29) is 6.54 Å². The average molecular weight is 299 g/mol. The monoisotopic (exact) mass is 299 g/mol. The van der Waals surface area contributed by atoms with Crippen molar-refractivity contribution in [1.82, 2.24) is 14.0 Å². The number of aromatic nitrogens is 1. The molecule has 0 saturated heterocycles. The average Bonchev–Trinajstić information content (AvgIpc) is 3.27. The molecule has 0 unspecified atom stereocenters. The van der Waals surface area contributed by atoms with Crippen LogP contribution in [0.25, 0.3) is 0 Å². The van der Waals surface area contributed by atoms with Gasteiger partial charge in [-0.15, -0.1) is 0 Å². The molecule has 0 atom stereocenters. The van der Waals surface area contributed by atoms with Crippen LogP contribution in [0.3, 0.4) is 0 Å². The van der Waals surface area contributed by atoms with Crippen LogP contribution in [0.4, 0.5) is 0 Å². The molecule has 6 nitrogen and oxygen atoms in total. The van der Waals surface area contributed by atoms with Gasteiger partial charge in [-0.3, -0.25) is 0 Å². The van der Waals surface area contributed by atoms with E-state index in [1.807, 2.05) is 6.92 Å². The van der Waals surface area contributed by atoms with Crippen LogP contribution in [-0.4, -0.2) is 37.9 Å². The van der Waals surface area contributed by atoms with Crippen molar-refractivity contribution in [1.29, 1.82) is 0 Å². The molecule has 0 aliphatic heterocycles. The molecule has 2 rings (SSSR count). The van der Waals surface area contributed by atoms with Crippen LogP contribution in [0.2, 0.25) is 0 Å². The highest BCUT2D eigenvalue weighted by atomic mass is 32.2. The van der Waals surface area contributed by atoms with Crippen LogP contribution in [0.5, 0.6) is 5.88 Å². The Bertz CT molecular complexity index is 544. The van der Waals surface area contributed by atoms with Gasteiger partial charge in [-0.25, -0.2) is 4.98 Å². The number of methoxy groups -OCH3 is 1. The van der Waals surface area contributed by atoms with Gasteiger partial charge in [-0.2, -0.15) is 17.4 Å². The first-order chi connectivity index (χ1) is 9.55. The minimum absolute atomic E-state index is 0.238. The lowest BCUT2D eigenvalue weighted by atomic mass is 10.3. The van der Waals surface area contributed by atoms with Gasteiger partial charge in [0.05, 0.1) is 7.11 Å². The normalized spacial score (nSPS) is 15.6. The van der Waals surface area contributed by atoms with Gasteiger partial charge in [0.25, 0.3) is 10.2 Å². The van der Waals surface area contributed by atoms with Crippen LogP contribution in [-0.2, 0) is 16.8 Å². The SMILES string of the molecule is CCN(CC1CC1)S(=O)(=O)NCc1ccnc(OC)c1. The summed E-state index contributed by atoms with van der Waals surface area (Å²) in [5.74, 6) is 1.01. The van der Waals surface area contributed by atoms with E-state index in [1.54, 1.807) is 18.3 Å². The van der Waals surface area contributed by atoms with E-state index in [1.165, 1.54) is 11.4 Å². The Morgan fingerprint density at radius 2 is 2.25 bits per heavy atom. The van der Waals surface area contributed by atoms with E-state index < -0.39 is 10.2 Å². The van der Waals surface area contributed by atoms with E-state index in [0.717, 1.165) is 18.4 Å². The first-order valence-electron chi connectivity index (χ1n) is 6.78. The number of pyridine rings is 1. The van der Waals surface area contributed by atoms with Crippen molar-refractivity contribution in [3.05, 3.63) is 23.9 Å². The summed E-state index contributed by atoms with van der Waals surface area (Å²) < 4.78 is 33.6. The van der Waals surface area contributed by atoms with Crippen molar-refractivity contribution in [3.8, 4) is 5.88 Å². The van der Waals surface area contributed by atoms with Gasteiger partial charge in [0.2, 0.25) is 5.88 Å². The third-order valence-corrected chi connectivity index (χ3v) is 4.91. The second-order valence-electron chi connectivity index (χ2n) is 4.93. The topological polar surface area (TPSA) is 71.5 Å². The highest BCUT2D eigenvalue weighted by Crippen LogP contribution is 2.30. The Kier molecular flexibility index (Phi) is 4.95. The number of hydrogen-bond acceptors (Lipinski definition) is 4. The Labute approximate surface area is 120 Å². The summed E-state index contributed by atoms with van der Waals surface area (Å²) in [6.07, 6.45) is 3.87. The van der Waals surface area contributed by atoms with Gasteiger partial charge in [0, 0.05) is 31.9 Å². The summed E-state index contributed by atoms with van der Waals surface area (Å²) in [7, 11) is -1.89. The second kappa shape index (κ2) is 6.51. The van der Waals surface area contributed by atoms with Gasteiger partial charge in [0.1, 0.15) is 0 Å². The maximum Gasteiger partial charge on any atom is 0.279 e. The molecule has 1 aliphatic carbocycles. The first-order valence-corrected chi connectivity index (χ1v) is 8.23. The number of hydrogen-bond donors (Lipinski definition) is 1. The van der Waals surface area contributed by atoms with Crippen LogP contribution < -0.4 is 9.46 Å². The summed E-state index contributed by atoms with van der Waals surface area (Å²) >= 11 is 0. The predicted molar refractivity (Wildman–Crippen MR) is 76.5 cm³/mol. The third-order valence-electron chi connectivity index (χ3n) is 3.32. The molecule has 0 radical (unpaired) electrons. The van der Waals surface area contributed by atoms with Gasteiger partial charge in [-0.05, 0) is 30.4 Å². The lowest BCUT2D eigenvalue weighted by Gasteiger charge is -2.20. The standard InChI is InChI=1S/C13H21N3O3S/c1-3-16(10-11-4-5-11)20(17,18)15-9-12-6-7-14-13(8-12)19-2/h6-8,11,15H,3-5,9-10H2,1-2H3. The fraction of sp³-hybridized carbons (Fsp3) is 0.615. The van der Waals surface area contributed by atoms with Crippen LogP contribution in [0.1, 0.15) is 25.3 Å². The molecule has 0 amide bonds. The molecule has 1 N–H and O–H groups in total. The van der Waals surface area contributed by atoms with Crippen molar-refractivity contribution in [2.24, 2.45) is 5.92 Å². The molecule has 1 aromatic rings. The van der Waals surface area contributed by atoms with Crippen molar-refractivity contribution in [2.75, 3.05) is 20.2 Å². The minimum atomic E-state index is -3.42. The van der Waals surface area contributed by atoms with Gasteiger partial charge >= 0.3 is 0 Å². The lowest BCUT2D eigenvalue weighted by molar-refractivity contribution is 0.396. The Hall–Kier alpha value is -1.18. The maximum absolute atomic E-state index is 12.2. The second-order valence-corrected chi connectivity index (χ2v) is 6.68. The lowest BCUT2D eigenvalue weighted by Crippen LogP contribution is -2.41. The summed E-state index contributed by atoms with van der Waals surface area (Å²) in [4.78, 5) is 3.99. The van der Waals surface area contributed by atoms with Crippen molar-refractivity contribution in [2.45, 2.75) is 26.3 Å². The maximum atomic E-state index is 12.2. The van der Waals surface area contributed by atoms with E-state index in [0.29, 0.717) is 24.9 Å². The molecule has 0 bridgehead atoms. The molecule has 1 saturated carbocycles. The molecule has 0 aromatic carbocycles. The number of nitrogens with one attached hydrogen (secondary N) is 1. The molecule has 20 heavy (non-hydrogen) atoms. The number of rotatable bonds is 8. The fourth-order valence-electron chi connectivity index (χ4n) is 1.92. The summed E-state index contributed by atoms with van der Waals surface area (Å²) in [5, 5.41) is 0. The molecular weight excluding hydrogens is 278 g/mol. The van der Waals surface area contributed by atoms with Crippen molar-refractivity contribution < 1.29 is 13.2 Å². The zero-order valence-electron chi connectivity index (χ0n) is 11.9. The van der Waals surface area contributed by atoms with Crippen molar-refractivity contribution >= 4 is 10.2 Å². The molecule has 1 aromatic heterocycles. The van der Waals surface area contributed by atoms with Crippen molar-refractivity contribution in [3.63, 3.8) is 0 Å². The Morgan fingerprint density at radius 1 is 1.50 bits per heavy atom. The molecule has 0 spiro atoms. The summed E-state index contributed by atoms with van der Waals surface area (Å²) in [6, 6.07) is 3.49. The van der Waals surface area contributed by atoms with Crippen LogP contribution in [0, 0.1) is 5.92 Å². The number of nitrogens with zero attached hydrogens (tertiary/aromatic N) is 2. The van der Waals surface area contributed by atoms with E-state index in [9.17, 15) is 8.42 Å². The zero-order chi connectivity index (χ0) is 14.6. The van der Waals surface area contributed by atoms with E-state index >= 15 is 0 Å². The highest BCUT2D eigenvalue weighted by Gasteiger charge is 2.29. The highest BCUT2D eigenvalue weighted by molar-refractivity contribution is 7.87. The molecule has 1 fully saturated rings. The van der Waals surface area contributed by atoms with Crippen LogP contribution in [0.15, 0.2) is 18.3 Å². The predicted octanol–water partition coefficient (Wildman–Crippen LogP) is 1.16. The summed E-state index contributed by atoms with van der Waals surface area (Å²) in [5.41, 5.74) is 0.822. The Morgan fingerprint density at radius 3 is 2.85 bits per heavy atom. The fourth-order valence-corrected chi connectivity index (χ4v) is 3.20. The minimum Gasteiger partial charge on any atom is -0.481 e. The Balaban J connectivity index is 1.96. The molecule has 112 valence electrons. The largest absolute Gasteiger partial charge is 0.481 e. The quantitative estimate of drug-likeness (QED) is 0.782. The van der Waals surface area contributed by atoms with E-state index in [4.69, 9.17) is 4.74 Å². The molecule has 1 aliphatic rings. The van der Waals surface area contributed by atoms with E-state index in [2.05, 4.69) is 9.71 Å². The third kappa shape index (κ3) is 4.16. The van der Waals surface area contributed by atoms with Gasteiger partial charge < -0.3 is 4.74 Å². The van der Waals surface area contributed by atoms with Gasteiger partial charge in [0.15, 0.2) is 0 Å². The number of ether oxygens (including phenoxy) is 1. The zero-order valence-corrected chi connectivity index (χ0v) is 12.7. The smallest absolute Gasteiger partial charge is 0.279 e. The van der Waals surface area contributed by atoms with Crippen LogP contribution >= 0.6 is 0 Å². The molecular formula is C13H21N3O3S. The van der Waals surface area contributed by atoms with Gasteiger partial charge in [-0.1, -0.05) is 6.92 Å². The summed E-state index contributed by atoms with van der Waals surface area (Å²) in [6.45, 7) is 3.20. The first kappa shape index (κ1) is 15.2. The molecule has 7 heteroatoms. The molecule has 1 heterocycles.